The molecular formula is C15H18N2S. The third-order valence-electron chi connectivity index (χ3n) is 2.81. The van der Waals surface area contributed by atoms with Gasteiger partial charge in [0.05, 0.1) is 12.3 Å². The van der Waals surface area contributed by atoms with Crippen molar-refractivity contribution in [1.82, 2.24) is 0 Å². The zero-order valence-corrected chi connectivity index (χ0v) is 11.9. The van der Waals surface area contributed by atoms with E-state index < -0.39 is 0 Å². The normalized spacial score (nSPS) is 20.7. The summed E-state index contributed by atoms with van der Waals surface area (Å²) in [5, 5.41) is 0. The van der Waals surface area contributed by atoms with Crippen LogP contribution in [-0.2, 0) is 0 Å². The lowest BCUT2D eigenvalue weighted by molar-refractivity contribution is 1.16. The number of allylic oxidation sites excluding steroid dienone is 4. The second-order valence-corrected chi connectivity index (χ2v) is 5.25. The predicted molar refractivity (Wildman–Crippen MR) is 82.6 cm³/mol. The number of rotatable bonds is 2. The molecule has 2 rings (SSSR count). The van der Waals surface area contributed by atoms with Gasteiger partial charge in [0.15, 0.2) is 0 Å². The molecule has 2 heterocycles. The minimum Gasteiger partial charge on any atom is -0.266 e. The van der Waals surface area contributed by atoms with Gasteiger partial charge >= 0.3 is 0 Å². The maximum atomic E-state index is 4.58. The monoisotopic (exact) mass is 258 g/mol. The molecule has 0 N–H and O–H groups in total. The highest BCUT2D eigenvalue weighted by atomic mass is 32.2. The van der Waals surface area contributed by atoms with Crippen molar-refractivity contribution >= 4 is 23.3 Å². The van der Waals surface area contributed by atoms with E-state index in [-0.39, 0.29) is 0 Å². The summed E-state index contributed by atoms with van der Waals surface area (Å²) in [6, 6.07) is 0. The molecule has 0 aromatic carbocycles. The Hall–Kier alpha value is -1.35. The molecule has 0 saturated heterocycles. The first-order valence-electron chi connectivity index (χ1n) is 6.16. The number of amidine groups is 1. The molecule has 0 fully saturated rings. The summed E-state index contributed by atoms with van der Waals surface area (Å²) >= 11 is 1.86. The predicted octanol–water partition coefficient (Wildman–Crippen LogP) is 3.94. The van der Waals surface area contributed by atoms with Crippen molar-refractivity contribution in [3.63, 3.8) is 0 Å². The smallest absolute Gasteiger partial charge is 0.121 e. The van der Waals surface area contributed by atoms with Crippen molar-refractivity contribution in [2.45, 2.75) is 20.8 Å². The van der Waals surface area contributed by atoms with Gasteiger partial charge in [-0.3, -0.25) is 4.99 Å². The molecule has 0 radical (unpaired) electrons. The second kappa shape index (κ2) is 6.01. The third-order valence-corrected chi connectivity index (χ3v) is 3.83. The molecule has 3 heteroatoms. The van der Waals surface area contributed by atoms with E-state index in [4.69, 9.17) is 0 Å². The highest BCUT2D eigenvalue weighted by molar-refractivity contribution is 8.03. The third kappa shape index (κ3) is 2.91. The maximum absolute atomic E-state index is 4.58. The molecule has 0 amide bonds. The molecule has 0 aromatic heterocycles. The van der Waals surface area contributed by atoms with Crippen molar-refractivity contribution < 1.29 is 0 Å². The van der Waals surface area contributed by atoms with Crippen LogP contribution in [0.1, 0.15) is 20.8 Å². The van der Waals surface area contributed by atoms with Crippen LogP contribution in [0.25, 0.3) is 0 Å². The molecule has 18 heavy (non-hydrogen) atoms. The summed E-state index contributed by atoms with van der Waals surface area (Å²) in [5.41, 5.74) is 3.69. The van der Waals surface area contributed by atoms with Crippen LogP contribution in [-0.4, -0.2) is 23.8 Å². The van der Waals surface area contributed by atoms with Gasteiger partial charge in [-0.2, -0.15) is 0 Å². The molecule has 0 aliphatic carbocycles. The molecule has 0 atom stereocenters. The Balaban J connectivity index is 2.43. The van der Waals surface area contributed by atoms with Gasteiger partial charge in [0, 0.05) is 10.7 Å². The van der Waals surface area contributed by atoms with E-state index >= 15 is 0 Å². The fraction of sp³-hybridized carbons (Fsp3) is 0.333. The lowest BCUT2D eigenvalue weighted by atomic mass is 10.0. The fourth-order valence-electron chi connectivity index (χ4n) is 1.96. The van der Waals surface area contributed by atoms with Gasteiger partial charge in [-0.05, 0) is 44.1 Å². The molecule has 2 aliphatic heterocycles. The highest BCUT2D eigenvalue weighted by Gasteiger charge is 2.18. The zero-order chi connectivity index (χ0) is 13.0. The first-order chi connectivity index (χ1) is 8.74. The average Bonchev–Trinajstić information content (AvgIpc) is 2.50. The zero-order valence-electron chi connectivity index (χ0n) is 11.1. The number of aliphatic imine (C=N–C) groups is 2. The summed E-state index contributed by atoms with van der Waals surface area (Å²) in [5.74, 6) is 1.85. The van der Waals surface area contributed by atoms with Gasteiger partial charge in [-0.25, -0.2) is 4.99 Å². The van der Waals surface area contributed by atoms with Crippen LogP contribution in [0.15, 0.2) is 56.4 Å². The van der Waals surface area contributed by atoms with Crippen molar-refractivity contribution in [2.24, 2.45) is 9.98 Å². The van der Waals surface area contributed by atoms with Gasteiger partial charge in [-0.1, -0.05) is 18.2 Å². The number of nitrogens with zero attached hydrogens (tertiary/aromatic N) is 2. The molecule has 0 saturated carbocycles. The quantitative estimate of drug-likeness (QED) is 0.736. The second-order valence-electron chi connectivity index (χ2n) is 4.20. The van der Waals surface area contributed by atoms with E-state index in [1.165, 1.54) is 16.1 Å². The molecule has 2 nitrogen and oxygen atoms in total. The lowest BCUT2D eigenvalue weighted by Crippen LogP contribution is -2.09. The summed E-state index contributed by atoms with van der Waals surface area (Å²) < 4.78 is 0. The van der Waals surface area contributed by atoms with E-state index in [0.717, 1.165) is 23.8 Å². The van der Waals surface area contributed by atoms with Crippen molar-refractivity contribution in [3.05, 3.63) is 46.4 Å². The lowest BCUT2D eigenvalue weighted by Gasteiger charge is -2.16. The summed E-state index contributed by atoms with van der Waals surface area (Å²) in [4.78, 5) is 10.4. The van der Waals surface area contributed by atoms with E-state index in [9.17, 15) is 0 Å². The van der Waals surface area contributed by atoms with Gasteiger partial charge in [0.2, 0.25) is 0 Å². The Morgan fingerprint density at radius 3 is 2.72 bits per heavy atom. The van der Waals surface area contributed by atoms with Crippen molar-refractivity contribution in [1.29, 1.82) is 0 Å². The Labute approximate surface area is 113 Å². The van der Waals surface area contributed by atoms with Gasteiger partial charge in [-0.15, -0.1) is 11.8 Å². The first-order valence-corrected chi connectivity index (χ1v) is 7.15. The molecule has 94 valence electrons. The SMILES string of the molecule is C/C=C\C1=CC2=C(CS1)C(/C=C\C)=NC(C)=NC2. The van der Waals surface area contributed by atoms with E-state index in [1.54, 1.807) is 0 Å². The fourth-order valence-corrected chi connectivity index (χ4v) is 3.06. The average molecular weight is 258 g/mol. The molecule has 0 bridgehead atoms. The standard InChI is InChI=1S/C15H18N2S/c1-4-6-13-8-12-9-16-11(3)17-15(7-5-2)14(12)10-18-13/h4-8H,9-10H2,1-3H3/b6-4-,7-5-. The van der Waals surface area contributed by atoms with Crippen LogP contribution in [0.3, 0.4) is 0 Å². The van der Waals surface area contributed by atoms with Crippen molar-refractivity contribution in [2.75, 3.05) is 12.3 Å². The van der Waals surface area contributed by atoms with E-state index in [0.29, 0.717) is 0 Å². The Morgan fingerprint density at radius 2 is 2.00 bits per heavy atom. The summed E-state index contributed by atoms with van der Waals surface area (Å²) in [6.07, 6.45) is 10.6. The van der Waals surface area contributed by atoms with Crippen LogP contribution in [0.5, 0.6) is 0 Å². The summed E-state index contributed by atoms with van der Waals surface area (Å²) in [7, 11) is 0. The van der Waals surface area contributed by atoms with Crippen LogP contribution >= 0.6 is 11.8 Å². The minimum absolute atomic E-state index is 0.743. The highest BCUT2D eigenvalue weighted by Crippen LogP contribution is 2.31. The van der Waals surface area contributed by atoms with Crippen LogP contribution in [0.2, 0.25) is 0 Å². The molecule has 0 unspecified atom stereocenters. The Kier molecular flexibility index (Phi) is 4.37. The van der Waals surface area contributed by atoms with Gasteiger partial charge in [0.1, 0.15) is 5.84 Å². The van der Waals surface area contributed by atoms with E-state index in [2.05, 4.69) is 34.3 Å². The Morgan fingerprint density at radius 1 is 1.22 bits per heavy atom. The molecule has 0 spiro atoms. The molecule has 0 aromatic rings. The maximum Gasteiger partial charge on any atom is 0.121 e. The number of hydrogen-bond acceptors (Lipinski definition) is 3. The van der Waals surface area contributed by atoms with E-state index in [1.807, 2.05) is 38.6 Å². The molecule has 2 aliphatic rings. The van der Waals surface area contributed by atoms with Gasteiger partial charge < -0.3 is 0 Å². The van der Waals surface area contributed by atoms with Crippen LogP contribution < -0.4 is 0 Å². The first kappa shape index (κ1) is 13.1. The topological polar surface area (TPSA) is 24.7 Å². The van der Waals surface area contributed by atoms with Crippen molar-refractivity contribution in [3.8, 4) is 0 Å². The molecular weight excluding hydrogens is 240 g/mol. The number of hydrogen-bond donors (Lipinski definition) is 0. The summed E-state index contributed by atoms with van der Waals surface area (Å²) in [6.45, 7) is 6.78. The van der Waals surface area contributed by atoms with Crippen LogP contribution in [0, 0.1) is 0 Å². The Bertz CT molecular complexity index is 517. The largest absolute Gasteiger partial charge is 0.266 e. The van der Waals surface area contributed by atoms with Crippen LogP contribution in [0.4, 0.5) is 0 Å². The van der Waals surface area contributed by atoms with Gasteiger partial charge in [0.25, 0.3) is 0 Å². The minimum atomic E-state index is 0.743. The number of thioether (sulfide) groups is 1.